The predicted molar refractivity (Wildman–Crippen MR) is 265 cm³/mol. The van der Waals surface area contributed by atoms with Gasteiger partial charge in [0.25, 0.3) is 5.91 Å². The number of aliphatic carboxylic acids is 3. The molecule has 0 aliphatic heterocycles. The lowest BCUT2D eigenvalue weighted by atomic mass is 10.0. The molecule has 0 radical (unpaired) electrons. The number of nitrogens with one attached hydrogen (secondary N) is 3. The lowest BCUT2D eigenvalue weighted by Gasteiger charge is -2.29. The maximum Gasteiger partial charge on any atom is 0.326 e. The maximum atomic E-state index is 13.1. The SMILES string of the molecule is CCCCCCCCCCCCCCCC(=O)OC[C@H](CSCCC(=O)N[C@](N)(CCC(=O)O)C(=O)NCC(=O)NC(CCC(=O)O)C(=O)O)OC(=O)CCCCCCCCCCCCCCC. The van der Waals surface area contributed by atoms with Gasteiger partial charge in [0, 0.05) is 50.0 Å². The molecular weight excluding hydrogens is 897 g/mol. The van der Waals surface area contributed by atoms with E-state index in [1.165, 1.54) is 127 Å². The molecule has 0 heterocycles. The van der Waals surface area contributed by atoms with Crippen molar-refractivity contribution in [2.24, 2.45) is 5.73 Å². The van der Waals surface area contributed by atoms with E-state index in [2.05, 4.69) is 29.8 Å². The molecule has 0 spiro atoms. The average molecular weight is 987 g/mol. The average Bonchev–Trinajstić information content (AvgIpc) is 3.29. The van der Waals surface area contributed by atoms with Gasteiger partial charge in [-0.15, -0.1) is 0 Å². The van der Waals surface area contributed by atoms with Crippen molar-refractivity contribution in [3.8, 4) is 0 Å². The fourth-order valence-corrected chi connectivity index (χ4v) is 8.43. The predicted octanol–water partition coefficient (Wildman–Crippen LogP) is 8.71. The molecule has 68 heavy (non-hydrogen) atoms. The second kappa shape index (κ2) is 43.1. The summed E-state index contributed by atoms with van der Waals surface area (Å²) in [6, 6.07) is -1.55. The molecule has 0 fully saturated rings. The van der Waals surface area contributed by atoms with E-state index in [0.717, 1.165) is 38.5 Å². The summed E-state index contributed by atoms with van der Waals surface area (Å²) in [6.45, 7) is 3.53. The van der Waals surface area contributed by atoms with Crippen LogP contribution in [0.1, 0.15) is 226 Å². The molecule has 3 atom stereocenters. The summed E-state index contributed by atoms with van der Waals surface area (Å²) < 4.78 is 11.3. The highest BCUT2D eigenvalue weighted by atomic mass is 32.2. The van der Waals surface area contributed by atoms with Crippen molar-refractivity contribution in [1.82, 2.24) is 16.0 Å². The van der Waals surface area contributed by atoms with Gasteiger partial charge in [-0.05, 0) is 19.3 Å². The van der Waals surface area contributed by atoms with Gasteiger partial charge in [-0.25, -0.2) is 4.79 Å². The van der Waals surface area contributed by atoms with E-state index in [-0.39, 0.29) is 43.3 Å². The van der Waals surface area contributed by atoms with Gasteiger partial charge in [-0.1, -0.05) is 168 Å². The summed E-state index contributed by atoms with van der Waals surface area (Å²) in [7, 11) is 0. The van der Waals surface area contributed by atoms with Crippen molar-refractivity contribution >= 4 is 59.3 Å². The zero-order valence-corrected chi connectivity index (χ0v) is 42.5. The van der Waals surface area contributed by atoms with E-state index in [0.29, 0.717) is 12.8 Å². The first-order chi connectivity index (χ1) is 32.6. The van der Waals surface area contributed by atoms with Gasteiger partial charge in [0.1, 0.15) is 18.8 Å². The zero-order valence-electron chi connectivity index (χ0n) is 41.7. The minimum atomic E-state index is -2.26. The van der Waals surface area contributed by atoms with Crippen LogP contribution in [0.4, 0.5) is 0 Å². The highest BCUT2D eigenvalue weighted by molar-refractivity contribution is 7.99. The number of unbranched alkanes of at least 4 members (excludes halogenated alkanes) is 24. The van der Waals surface area contributed by atoms with Crippen LogP contribution in [0.3, 0.4) is 0 Å². The van der Waals surface area contributed by atoms with E-state index in [4.69, 9.17) is 20.3 Å². The number of carboxylic acids is 3. The second-order valence-corrected chi connectivity index (χ2v) is 19.2. The Balaban J connectivity index is 5.09. The van der Waals surface area contributed by atoms with E-state index in [1.807, 2.05) is 0 Å². The minimum absolute atomic E-state index is 0.136. The summed E-state index contributed by atoms with van der Waals surface area (Å²) in [5, 5.41) is 34.0. The number of hydrogen-bond acceptors (Lipinski definition) is 12. The number of nitrogens with two attached hydrogens (primary N) is 1. The van der Waals surface area contributed by atoms with Crippen LogP contribution in [0.25, 0.3) is 0 Å². The van der Waals surface area contributed by atoms with Crippen molar-refractivity contribution in [1.29, 1.82) is 0 Å². The van der Waals surface area contributed by atoms with Crippen molar-refractivity contribution in [2.45, 2.75) is 244 Å². The van der Waals surface area contributed by atoms with Crippen LogP contribution in [-0.2, 0) is 47.8 Å². The molecule has 18 heteroatoms. The minimum Gasteiger partial charge on any atom is -0.481 e. The van der Waals surface area contributed by atoms with Crippen molar-refractivity contribution in [3.05, 3.63) is 0 Å². The molecule has 0 saturated carbocycles. The number of hydrogen-bond donors (Lipinski definition) is 7. The molecule has 0 aromatic rings. The Morgan fingerprint density at radius 1 is 0.559 bits per heavy atom. The summed E-state index contributed by atoms with van der Waals surface area (Å²) in [5.74, 6) is -7.27. The number of esters is 2. The van der Waals surface area contributed by atoms with Crippen LogP contribution in [0, 0.1) is 0 Å². The molecule has 0 rings (SSSR count). The molecule has 0 aliphatic rings. The first kappa shape index (κ1) is 64.1. The van der Waals surface area contributed by atoms with Gasteiger partial charge in [-0.2, -0.15) is 11.8 Å². The molecule has 0 aromatic carbocycles. The van der Waals surface area contributed by atoms with Crippen molar-refractivity contribution in [2.75, 3.05) is 24.7 Å². The summed E-state index contributed by atoms with van der Waals surface area (Å²) in [4.78, 5) is 97.7. The smallest absolute Gasteiger partial charge is 0.326 e. The number of rotatable bonds is 48. The number of carbonyl (C=O) groups excluding carboxylic acids is 5. The van der Waals surface area contributed by atoms with E-state index in [1.54, 1.807) is 0 Å². The van der Waals surface area contributed by atoms with Crippen LogP contribution in [0.5, 0.6) is 0 Å². The van der Waals surface area contributed by atoms with Gasteiger partial charge < -0.3 is 46.5 Å². The Morgan fingerprint density at radius 2 is 1.00 bits per heavy atom. The number of amides is 3. The van der Waals surface area contributed by atoms with Crippen molar-refractivity contribution < 1.29 is 63.1 Å². The normalized spacial score (nSPS) is 12.9. The zero-order chi connectivity index (χ0) is 50.7. The Kier molecular flexibility index (Phi) is 40.6. The quantitative estimate of drug-likeness (QED) is 0.0171. The molecule has 8 N–H and O–H groups in total. The first-order valence-corrected chi connectivity index (χ1v) is 27.1. The standard InChI is InChI=1S/C50H90N4O13S/c1-3-5-7-9-11-13-15-17-19-21-23-25-27-29-46(61)66-38-40(67-47(62)30-28-26-24-22-20-18-16-14-12-10-8-6-4-2)39-68-36-34-42(55)54-50(51,35-33-45(59)60)49(65)52-37-43(56)53-41(48(63)64)31-32-44(57)58/h40-41H,3-39,51H2,1-2H3,(H,52,65)(H,53,56)(H,54,55)(H,57,58)(H,59,60)(H,63,64)/t40-,41?,50-/m1/s1. The second-order valence-electron chi connectivity index (χ2n) is 18.1. The van der Waals surface area contributed by atoms with E-state index in [9.17, 15) is 48.6 Å². The topological polar surface area (TPSA) is 278 Å². The van der Waals surface area contributed by atoms with E-state index < -0.39 is 91.6 Å². The number of carboxylic acid groups (broad SMARTS) is 3. The molecule has 3 amide bonds. The first-order valence-electron chi connectivity index (χ1n) is 25.9. The Bertz CT molecular complexity index is 1420. The third-order valence-electron chi connectivity index (χ3n) is 11.7. The molecule has 0 bridgehead atoms. The molecular formula is C50H90N4O13S. The van der Waals surface area contributed by atoms with Crippen LogP contribution in [0.15, 0.2) is 0 Å². The Hall–Kier alpha value is -3.93. The van der Waals surface area contributed by atoms with Crippen molar-refractivity contribution in [3.63, 3.8) is 0 Å². The molecule has 0 aliphatic carbocycles. The molecule has 1 unspecified atom stereocenters. The number of carbonyl (C=O) groups is 8. The van der Waals surface area contributed by atoms with Gasteiger partial charge in [0.15, 0.2) is 5.66 Å². The van der Waals surface area contributed by atoms with Crippen LogP contribution in [-0.4, -0.2) is 105 Å². The van der Waals surface area contributed by atoms with Gasteiger partial charge >= 0.3 is 29.8 Å². The third kappa shape index (κ3) is 39.0. The largest absolute Gasteiger partial charge is 0.481 e. The van der Waals surface area contributed by atoms with Crippen LogP contribution in [0.2, 0.25) is 0 Å². The lowest BCUT2D eigenvalue weighted by molar-refractivity contribution is -0.157. The highest BCUT2D eigenvalue weighted by Crippen LogP contribution is 2.17. The third-order valence-corrected chi connectivity index (χ3v) is 12.8. The molecule has 0 aromatic heterocycles. The molecule has 17 nitrogen and oxygen atoms in total. The van der Waals surface area contributed by atoms with Gasteiger partial charge in [0.2, 0.25) is 11.8 Å². The molecule has 394 valence electrons. The summed E-state index contributed by atoms with van der Waals surface area (Å²) >= 11 is 1.25. The Morgan fingerprint density at radius 3 is 1.44 bits per heavy atom. The van der Waals surface area contributed by atoms with Gasteiger partial charge in [0.05, 0.1) is 6.54 Å². The van der Waals surface area contributed by atoms with Gasteiger partial charge in [-0.3, -0.25) is 33.6 Å². The number of thioether (sulfide) groups is 1. The number of ether oxygens (including phenoxy) is 2. The Labute approximate surface area is 411 Å². The molecule has 0 saturated heterocycles. The monoisotopic (exact) mass is 987 g/mol. The lowest BCUT2D eigenvalue weighted by Crippen LogP contribution is -2.66. The fraction of sp³-hybridized carbons (Fsp3) is 0.840. The fourth-order valence-electron chi connectivity index (χ4n) is 7.51. The maximum absolute atomic E-state index is 13.1. The summed E-state index contributed by atoms with van der Waals surface area (Å²) in [6.07, 6.45) is 28.2. The van der Waals surface area contributed by atoms with Crippen LogP contribution >= 0.6 is 11.8 Å². The summed E-state index contributed by atoms with van der Waals surface area (Å²) in [5.41, 5.74) is 3.92. The van der Waals surface area contributed by atoms with Crippen LogP contribution < -0.4 is 21.7 Å². The van der Waals surface area contributed by atoms with E-state index >= 15 is 0 Å². The highest BCUT2D eigenvalue weighted by Gasteiger charge is 2.36.